The molecular weight excluding hydrogens is 274 g/mol. The number of aryl methyl sites for hydroxylation is 2. The van der Waals surface area contributed by atoms with Gasteiger partial charge in [0, 0.05) is 19.4 Å². The van der Waals surface area contributed by atoms with Crippen LogP contribution < -0.4 is 0 Å². The van der Waals surface area contributed by atoms with Crippen molar-refractivity contribution < 1.29 is 5.11 Å². The van der Waals surface area contributed by atoms with Gasteiger partial charge in [-0.2, -0.15) is 5.10 Å². The second-order valence-electron chi connectivity index (χ2n) is 5.49. The van der Waals surface area contributed by atoms with Crippen molar-refractivity contribution >= 4 is 11.6 Å². The summed E-state index contributed by atoms with van der Waals surface area (Å²) in [6, 6.07) is 1.95. The van der Waals surface area contributed by atoms with E-state index in [2.05, 4.69) is 5.10 Å². The van der Waals surface area contributed by atoms with Crippen molar-refractivity contribution in [3.05, 3.63) is 40.4 Å². The molecule has 1 N–H and O–H groups in total. The van der Waals surface area contributed by atoms with Crippen molar-refractivity contribution in [1.29, 1.82) is 0 Å². The van der Waals surface area contributed by atoms with Crippen LogP contribution in [0.5, 0.6) is 0 Å². The van der Waals surface area contributed by atoms with E-state index in [0.29, 0.717) is 6.54 Å². The normalized spacial score (nSPS) is 13.2. The van der Waals surface area contributed by atoms with Crippen LogP contribution in [0.4, 0.5) is 0 Å². The Morgan fingerprint density at radius 1 is 1.40 bits per heavy atom. The van der Waals surface area contributed by atoms with Gasteiger partial charge in [0.25, 0.3) is 0 Å². The fourth-order valence-corrected chi connectivity index (χ4v) is 2.64. The Morgan fingerprint density at radius 2 is 2.10 bits per heavy atom. The highest BCUT2D eigenvalue weighted by atomic mass is 35.5. The molecule has 1 atom stereocenters. The highest BCUT2D eigenvalue weighted by Crippen LogP contribution is 2.24. The fourth-order valence-electron chi connectivity index (χ4n) is 2.28. The third-order valence-electron chi connectivity index (χ3n) is 3.58. The van der Waals surface area contributed by atoms with Gasteiger partial charge in [-0.05, 0) is 24.0 Å². The molecule has 2 rings (SSSR count). The number of aliphatic hydroxyl groups excluding tert-OH is 1. The van der Waals surface area contributed by atoms with Crippen LogP contribution in [0.25, 0.3) is 0 Å². The third-order valence-corrected chi connectivity index (χ3v) is 4.02. The minimum absolute atomic E-state index is 0.206. The predicted octanol–water partition coefficient (Wildman–Crippen LogP) is 3.18. The molecule has 20 heavy (non-hydrogen) atoms. The fraction of sp³-hybridized carbons (Fsp3) is 0.533. The number of aliphatic hydroxyl groups is 1. The van der Waals surface area contributed by atoms with Gasteiger partial charge < -0.3 is 9.67 Å². The molecule has 0 aromatic carbocycles. The van der Waals surface area contributed by atoms with Crippen molar-refractivity contribution in [1.82, 2.24) is 14.3 Å². The van der Waals surface area contributed by atoms with Crippen molar-refractivity contribution in [3.8, 4) is 0 Å². The number of hydrogen-bond acceptors (Lipinski definition) is 2. The number of rotatable bonds is 5. The van der Waals surface area contributed by atoms with Crippen LogP contribution in [0.2, 0.25) is 5.02 Å². The molecule has 0 aliphatic carbocycles. The number of hydrogen-bond donors (Lipinski definition) is 1. The molecule has 0 bridgehead atoms. The maximum Gasteiger partial charge on any atom is 0.0868 e. The monoisotopic (exact) mass is 295 g/mol. The van der Waals surface area contributed by atoms with Gasteiger partial charge in [-0.25, -0.2) is 0 Å². The summed E-state index contributed by atoms with van der Waals surface area (Å²) in [7, 11) is 1.91. The molecule has 110 valence electrons. The largest absolute Gasteiger partial charge is 0.388 e. The zero-order valence-corrected chi connectivity index (χ0v) is 13.2. The Kier molecular flexibility index (Phi) is 4.55. The van der Waals surface area contributed by atoms with Gasteiger partial charge in [0.15, 0.2) is 0 Å². The molecule has 0 saturated heterocycles. The molecule has 0 saturated carbocycles. The van der Waals surface area contributed by atoms with E-state index in [-0.39, 0.29) is 5.92 Å². The Hall–Kier alpha value is -1.26. The van der Waals surface area contributed by atoms with Crippen LogP contribution in [0.3, 0.4) is 0 Å². The summed E-state index contributed by atoms with van der Waals surface area (Å²) in [5.74, 6) is 0.206. The first-order valence-corrected chi connectivity index (χ1v) is 7.35. The van der Waals surface area contributed by atoms with E-state index in [9.17, 15) is 5.11 Å². The summed E-state index contributed by atoms with van der Waals surface area (Å²) in [6.07, 6.45) is 4.34. The van der Waals surface area contributed by atoms with Gasteiger partial charge in [0.1, 0.15) is 0 Å². The van der Waals surface area contributed by atoms with Gasteiger partial charge in [0.2, 0.25) is 0 Å². The van der Waals surface area contributed by atoms with Crippen LogP contribution in [0.15, 0.2) is 18.5 Å². The first-order valence-electron chi connectivity index (χ1n) is 6.98. The molecule has 0 aliphatic rings. The van der Waals surface area contributed by atoms with E-state index in [1.807, 2.05) is 55.5 Å². The zero-order chi connectivity index (χ0) is 14.9. The molecule has 5 heteroatoms. The molecule has 2 aromatic heterocycles. The lowest BCUT2D eigenvalue weighted by Gasteiger charge is -2.12. The van der Waals surface area contributed by atoms with E-state index in [1.54, 1.807) is 0 Å². The Morgan fingerprint density at radius 3 is 2.65 bits per heavy atom. The molecule has 2 aromatic rings. The maximum absolute atomic E-state index is 10.1. The number of halogens is 1. The van der Waals surface area contributed by atoms with Gasteiger partial charge in [-0.3, -0.25) is 4.68 Å². The van der Waals surface area contributed by atoms with Gasteiger partial charge >= 0.3 is 0 Å². The summed E-state index contributed by atoms with van der Waals surface area (Å²) >= 11 is 6.35. The molecule has 0 amide bonds. The summed E-state index contributed by atoms with van der Waals surface area (Å²) in [6.45, 7) is 6.72. The van der Waals surface area contributed by atoms with E-state index < -0.39 is 6.10 Å². The van der Waals surface area contributed by atoms with Crippen molar-refractivity contribution in [3.63, 3.8) is 0 Å². The van der Waals surface area contributed by atoms with Crippen LogP contribution in [-0.4, -0.2) is 19.5 Å². The Balaban J connectivity index is 2.21. The highest BCUT2D eigenvalue weighted by molar-refractivity contribution is 6.31. The standard InChI is InChI=1S/C15H22ClN3O/c1-5-12-14(16)13(18(4)17-12)9-19-7-6-11(8-19)15(20)10(2)3/h6-8,10,15,20H,5,9H2,1-4H3. The summed E-state index contributed by atoms with van der Waals surface area (Å²) in [4.78, 5) is 0. The lowest BCUT2D eigenvalue weighted by molar-refractivity contribution is 0.127. The molecule has 1 unspecified atom stereocenters. The van der Waals surface area contributed by atoms with E-state index in [4.69, 9.17) is 11.6 Å². The van der Waals surface area contributed by atoms with Crippen LogP contribution in [0, 0.1) is 5.92 Å². The predicted molar refractivity (Wildman–Crippen MR) is 80.9 cm³/mol. The molecule has 0 fully saturated rings. The zero-order valence-electron chi connectivity index (χ0n) is 12.5. The lowest BCUT2D eigenvalue weighted by Crippen LogP contribution is -2.06. The van der Waals surface area contributed by atoms with Gasteiger partial charge in [-0.1, -0.05) is 32.4 Å². The van der Waals surface area contributed by atoms with E-state index >= 15 is 0 Å². The quantitative estimate of drug-likeness (QED) is 0.920. The van der Waals surface area contributed by atoms with Crippen molar-refractivity contribution in [2.45, 2.75) is 39.8 Å². The SMILES string of the molecule is CCc1nn(C)c(Cn2ccc(C(O)C(C)C)c2)c1Cl. The molecule has 0 radical (unpaired) electrons. The van der Waals surface area contributed by atoms with Crippen LogP contribution in [-0.2, 0) is 20.0 Å². The highest BCUT2D eigenvalue weighted by Gasteiger charge is 2.16. The lowest BCUT2D eigenvalue weighted by atomic mass is 10.0. The molecule has 0 spiro atoms. The van der Waals surface area contributed by atoms with Crippen molar-refractivity contribution in [2.24, 2.45) is 13.0 Å². The Labute approximate surface area is 125 Å². The van der Waals surface area contributed by atoms with Crippen LogP contribution >= 0.6 is 11.6 Å². The van der Waals surface area contributed by atoms with E-state index in [0.717, 1.165) is 28.4 Å². The Bertz CT molecular complexity index is 586. The first-order chi connectivity index (χ1) is 9.43. The number of nitrogens with zero attached hydrogens (tertiary/aromatic N) is 3. The third kappa shape index (κ3) is 2.91. The average molecular weight is 296 g/mol. The molecule has 4 nitrogen and oxygen atoms in total. The number of aromatic nitrogens is 3. The van der Waals surface area contributed by atoms with Gasteiger partial charge in [0.05, 0.1) is 29.1 Å². The molecule has 2 heterocycles. The summed E-state index contributed by atoms with van der Waals surface area (Å²) < 4.78 is 3.86. The summed E-state index contributed by atoms with van der Waals surface area (Å²) in [5.41, 5.74) is 2.86. The second-order valence-corrected chi connectivity index (χ2v) is 5.87. The topological polar surface area (TPSA) is 43.0 Å². The average Bonchev–Trinajstić information content (AvgIpc) is 2.97. The van der Waals surface area contributed by atoms with Crippen molar-refractivity contribution in [2.75, 3.05) is 0 Å². The smallest absolute Gasteiger partial charge is 0.0868 e. The van der Waals surface area contributed by atoms with Gasteiger partial charge in [-0.15, -0.1) is 0 Å². The molecular formula is C15H22ClN3O. The first kappa shape index (κ1) is 15.1. The second kappa shape index (κ2) is 6.02. The van der Waals surface area contributed by atoms with Crippen LogP contribution in [0.1, 0.15) is 43.8 Å². The summed E-state index contributed by atoms with van der Waals surface area (Å²) in [5, 5.41) is 15.2. The minimum atomic E-state index is -0.426. The maximum atomic E-state index is 10.1. The van der Waals surface area contributed by atoms with E-state index in [1.165, 1.54) is 0 Å². The molecule has 0 aliphatic heterocycles. The minimum Gasteiger partial charge on any atom is -0.388 e.